The number of nitrogens with one attached hydrogen (secondary N) is 2. The molecule has 2 atom stereocenters. The smallest absolute Gasteiger partial charge is 0.413 e. The van der Waals surface area contributed by atoms with Gasteiger partial charge < -0.3 is 15.0 Å². The van der Waals surface area contributed by atoms with Crippen molar-refractivity contribution in [1.29, 1.82) is 0 Å². The van der Waals surface area contributed by atoms with Crippen molar-refractivity contribution in [2.45, 2.75) is 26.1 Å². The molecule has 0 spiro atoms. The van der Waals surface area contributed by atoms with Crippen molar-refractivity contribution in [3.8, 4) is 5.75 Å². The third-order valence-corrected chi connectivity index (χ3v) is 6.87. The average molecular weight is 526 g/mol. The number of aromatic amines is 1. The molecule has 0 radical (unpaired) electrons. The van der Waals surface area contributed by atoms with Gasteiger partial charge in [0.1, 0.15) is 18.3 Å². The number of anilines is 1. The van der Waals surface area contributed by atoms with Gasteiger partial charge in [0.15, 0.2) is 11.2 Å². The molecule has 37 heavy (non-hydrogen) atoms. The molecule has 0 bridgehead atoms. The van der Waals surface area contributed by atoms with Crippen LogP contribution in [0.2, 0.25) is 0 Å². The van der Waals surface area contributed by atoms with Crippen molar-refractivity contribution in [2.75, 3.05) is 18.9 Å². The second-order valence-electron chi connectivity index (χ2n) is 8.09. The summed E-state index contributed by atoms with van der Waals surface area (Å²) in [5, 5.41) is 2.80. The van der Waals surface area contributed by atoms with Crippen molar-refractivity contribution in [3.63, 3.8) is 0 Å². The van der Waals surface area contributed by atoms with Gasteiger partial charge >= 0.3 is 7.75 Å². The Morgan fingerprint density at radius 2 is 1.84 bits per heavy atom. The van der Waals surface area contributed by atoms with Gasteiger partial charge in [-0.1, -0.05) is 48.5 Å². The largest absolute Gasteiger partial charge is 0.459 e. The number of hydrogen-bond donors (Lipinski definition) is 3. The predicted octanol–water partition coefficient (Wildman–Crippen LogP) is 2.67. The Bertz CT molecular complexity index is 1440. The van der Waals surface area contributed by atoms with E-state index in [1.165, 1.54) is 17.8 Å². The van der Waals surface area contributed by atoms with Crippen molar-refractivity contribution < 1.29 is 23.1 Å². The molecule has 2 heterocycles. The molecule has 4 rings (SSSR count). The summed E-state index contributed by atoms with van der Waals surface area (Å²) in [5.41, 5.74) is 6.45. The molecule has 0 saturated carbocycles. The van der Waals surface area contributed by atoms with Crippen molar-refractivity contribution in [3.05, 3.63) is 82.9 Å². The second-order valence-corrected chi connectivity index (χ2v) is 9.79. The maximum atomic E-state index is 13.7. The topological polar surface area (TPSA) is 163 Å². The molecule has 4 aromatic rings. The van der Waals surface area contributed by atoms with Gasteiger partial charge in [0, 0.05) is 0 Å². The number of H-pyrrole nitrogens is 1. The third kappa shape index (κ3) is 7.11. The number of ketones is 1. The van der Waals surface area contributed by atoms with E-state index in [-0.39, 0.29) is 42.8 Å². The van der Waals surface area contributed by atoms with Gasteiger partial charge in [-0.3, -0.25) is 23.7 Å². The van der Waals surface area contributed by atoms with Crippen LogP contribution in [0.25, 0.3) is 11.2 Å². The van der Waals surface area contributed by atoms with Gasteiger partial charge in [0.25, 0.3) is 5.56 Å². The summed E-state index contributed by atoms with van der Waals surface area (Å²) in [6.45, 7) is 1.32. The minimum absolute atomic E-state index is 0.00287. The first kappa shape index (κ1) is 26.2. The highest BCUT2D eigenvalue weighted by atomic mass is 31.2. The maximum absolute atomic E-state index is 13.7. The molecule has 4 N–H and O–H groups in total. The summed E-state index contributed by atoms with van der Waals surface area (Å²) in [7, 11) is -3.99. The molecule has 13 heteroatoms. The van der Waals surface area contributed by atoms with Gasteiger partial charge in [0.05, 0.1) is 25.6 Å². The van der Waals surface area contributed by atoms with Gasteiger partial charge in [-0.25, -0.2) is 14.6 Å². The number of rotatable bonds is 13. The monoisotopic (exact) mass is 526 g/mol. The number of nitrogens with two attached hydrogens (primary N) is 1. The summed E-state index contributed by atoms with van der Waals surface area (Å²) in [6, 6.07) is 17.1. The van der Waals surface area contributed by atoms with E-state index < -0.39 is 19.3 Å². The van der Waals surface area contributed by atoms with Crippen LogP contribution in [0.3, 0.4) is 0 Å². The molecular weight excluding hydrogens is 499 g/mol. The Kier molecular flexibility index (Phi) is 8.47. The van der Waals surface area contributed by atoms with Crippen molar-refractivity contribution in [1.82, 2.24) is 24.6 Å². The molecule has 0 aliphatic heterocycles. The SMILES string of the molecule is CC(=O)[C@H](Cc1ccccc1)NP(=O)(OCCOCn1cnc2c(=O)[nH]c(N)nc21)Oc1ccccc1. The molecule has 0 amide bonds. The van der Waals surface area contributed by atoms with Crippen molar-refractivity contribution in [2.24, 2.45) is 0 Å². The molecule has 1 unspecified atom stereocenters. The standard InChI is InChI=1S/C24H27N6O6P/c1-17(31)20(14-18-8-4-2-5-9-18)29-37(33,36-19-10-6-3-7-11-19)35-13-12-34-16-30-15-26-21-22(30)27-24(25)28-23(21)32/h2-11,15,20H,12-14,16H2,1H3,(H,29,33)(H3,25,27,28,32)/t20-,37?/m0/s1. The number of nitrogens with zero attached hydrogens (tertiary/aromatic N) is 3. The summed E-state index contributed by atoms with van der Waals surface area (Å²) >= 11 is 0. The number of ether oxygens (including phenoxy) is 1. The number of benzene rings is 2. The third-order valence-electron chi connectivity index (χ3n) is 5.27. The fraction of sp³-hybridized carbons (Fsp3) is 0.250. The Labute approximate surface area is 212 Å². The molecule has 194 valence electrons. The van der Waals surface area contributed by atoms with E-state index in [9.17, 15) is 14.2 Å². The zero-order chi connectivity index (χ0) is 26.3. The molecule has 0 fully saturated rings. The zero-order valence-corrected chi connectivity index (χ0v) is 21.0. The van der Waals surface area contributed by atoms with E-state index in [1.807, 2.05) is 30.3 Å². The first-order valence-corrected chi connectivity index (χ1v) is 13.0. The lowest BCUT2D eigenvalue weighted by molar-refractivity contribution is -0.118. The first-order valence-electron chi connectivity index (χ1n) is 11.4. The number of nitrogen functional groups attached to an aromatic ring is 1. The normalized spacial score (nSPS) is 13.8. The number of carbonyl (C=O) groups excluding carboxylic acids is 1. The Balaban J connectivity index is 1.40. The number of para-hydroxylation sites is 1. The number of Topliss-reactive ketones (excluding diaryl/α,β-unsaturated/α-hetero) is 1. The average Bonchev–Trinajstić information content (AvgIpc) is 3.27. The number of aromatic nitrogens is 4. The zero-order valence-electron chi connectivity index (χ0n) is 20.1. The van der Waals surface area contributed by atoms with Gasteiger partial charge in [0.2, 0.25) is 5.95 Å². The van der Waals surface area contributed by atoms with Crippen LogP contribution in [-0.2, 0) is 31.8 Å². The lowest BCUT2D eigenvalue weighted by atomic mass is 10.0. The minimum atomic E-state index is -3.99. The molecule has 12 nitrogen and oxygen atoms in total. The molecule has 0 saturated heterocycles. The van der Waals surface area contributed by atoms with E-state index in [2.05, 4.69) is 20.0 Å². The highest BCUT2D eigenvalue weighted by molar-refractivity contribution is 7.52. The number of hydrogen-bond acceptors (Lipinski definition) is 9. The summed E-state index contributed by atoms with van der Waals surface area (Å²) in [6.07, 6.45) is 1.71. The number of imidazole rings is 1. The summed E-state index contributed by atoms with van der Waals surface area (Å²) in [5.74, 6) is 0.0672. The Morgan fingerprint density at radius 3 is 2.54 bits per heavy atom. The number of fused-ring (bicyclic) bond motifs is 1. The highest BCUT2D eigenvalue weighted by Crippen LogP contribution is 2.45. The first-order chi connectivity index (χ1) is 17.8. The molecular formula is C24H27N6O6P. The maximum Gasteiger partial charge on any atom is 0.459 e. The molecule has 0 aliphatic carbocycles. The molecule has 2 aromatic carbocycles. The minimum Gasteiger partial charge on any atom is -0.413 e. The van der Waals surface area contributed by atoms with Gasteiger partial charge in [-0.05, 0) is 31.0 Å². The quantitative estimate of drug-likeness (QED) is 0.174. The van der Waals surface area contributed by atoms with E-state index in [0.29, 0.717) is 12.2 Å². The summed E-state index contributed by atoms with van der Waals surface area (Å²) in [4.78, 5) is 34.7. The van der Waals surface area contributed by atoms with E-state index >= 15 is 0 Å². The van der Waals surface area contributed by atoms with E-state index in [4.69, 9.17) is 19.5 Å². The lowest BCUT2D eigenvalue weighted by Crippen LogP contribution is -2.37. The highest BCUT2D eigenvalue weighted by Gasteiger charge is 2.32. The van der Waals surface area contributed by atoms with Crippen LogP contribution in [-0.4, -0.2) is 44.6 Å². The van der Waals surface area contributed by atoms with Crippen molar-refractivity contribution >= 4 is 30.6 Å². The fourth-order valence-electron chi connectivity index (χ4n) is 3.48. The van der Waals surface area contributed by atoms with Gasteiger partial charge in [-0.2, -0.15) is 4.98 Å². The van der Waals surface area contributed by atoms with Crippen LogP contribution in [0.1, 0.15) is 12.5 Å². The van der Waals surface area contributed by atoms with Gasteiger partial charge in [-0.15, -0.1) is 0 Å². The second kappa shape index (κ2) is 11.9. The van der Waals surface area contributed by atoms with E-state index in [0.717, 1.165) is 5.56 Å². The lowest BCUT2D eigenvalue weighted by Gasteiger charge is -2.24. The fourth-order valence-corrected chi connectivity index (χ4v) is 5.02. The van der Waals surface area contributed by atoms with Crippen LogP contribution in [0.15, 0.2) is 71.8 Å². The predicted molar refractivity (Wildman–Crippen MR) is 137 cm³/mol. The molecule has 2 aromatic heterocycles. The molecule has 0 aliphatic rings. The Morgan fingerprint density at radius 1 is 1.14 bits per heavy atom. The van der Waals surface area contributed by atoms with Crippen LogP contribution in [0, 0.1) is 0 Å². The van der Waals surface area contributed by atoms with Crippen LogP contribution < -0.4 is 20.9 Å². The number of carbonyl (C=O) groups is 1. The van der Waals surface area contributed by atoms with E-state index in [1.54, 1.807) is 30.3 Å². The van der Waals surface area contributed by atoms with Crippen LogP contribution >= 0.6 is 7.75 Å². The van der Waals surface area contributed by atoms with Crippen LogP contribution in [0.4, 0.5) is 5.95 Å². The Hall–Kier alpha value is -3.83. The summed E-state index contributed by atoms with van der Waals surface area (Å²) < 4.78 is 32.1. The van der Waals surface area contributed by atoms with Crippen LogP contribution in [0.5, 0.6) is 5.75 Å².